The summed E-state index contributed by atoms with van der Waals surface area (Å²) in [4.78, 5) is 0. The zero-order valence-electron chi connectivity index (χ0n) is 17.6. The van der Waals surface area contributed by atoms with E-state index in [2.05, 4.69) is 11.1 Å². The van der Waals surface area contributed by atoms with Crippen molar-refractivity contribution in [2.24, 2.45) is 0 Å². The summed E-state index contributed by atoms with van der Waals surface area (Å²) in [6, 6.07) is 0. The summed E-state index contributed by atoms with van der Waals surface area (Å²) in [7, 11) is -5.97. The summed E-state index contributed by atoms with van der Waals surface area (Å²) in [6.45, 7) is 1.75. The number of aliphatic hydroxyl groups is 5. The highest BCUT2D eigenvalue weighted by atomic mass is 32.3. The Kier molecular flexibility index (Phi) is 13.3. The minimum atomic E-state index is -5.15. The molecule has 11 heteroatoms. The Morgan fingerprint density at radius 2 is 1.60 bits per heavy atom. The minimum absolute atomic E-state index is 0.103. The third-order valence-corrected chi connectivity index (χ3v) is 8.78. The van der Waals surface area contributed by atoms with Crippen LogP contribution >= 0.6 is 0 Å². The van der Waals surface area contributed by atoms with Crippen molar-refractivity contribution in [3.63, 3.8) is 0 Å². The van der Waals surface area contributed by atoms with Gasteiger partial charge in [-0.05, 0) is 6.42 Å². The first-order valence-corrected chi connectivity index (χ1v) is 13.7. The number of hydrogen-bond acceptors (Lipinski definition) is 9. The minimum Gasteiger partial charge on any atom is -0.726 e. The second-order valence-corrected chi connectivity index (χ2v) is 11.4. The van der Waals surface area contributed by atoms with Crippen molar-refractivity contribution in [3.05, 3.63) is 0 Å². The van der Waals surface area contributed by atoms with Gasteiger partial charge in [0.2, 0.25) is 10.4 Å². The molecule has 0 bridgehead atoms. The molecular weight excluding hydrogens is 436 g/mol. The van der Waals surface area contributed by atoms with Gasteiger partial charge in [0.05, 0.1) is 12.7 Å². The van der Waals surface area contributed by atoms with Crippen LogP contribution in [-0.4, -0.2) is 92.4 Å². The van der Waals surface area contributed by atoms with Crippen LogP contribution in [0, 0.1) is 0 Å². The quantitative estimate of drug-likeness (QED) is 0.0880. The zero-order chi connectivity index (χ0) is 22.7. The molecule has 0 aromatic carbocycles. The average molecular weight is 475 g/mol. The summed E-state index contributed by atoms with van der Waals surface area (Å²) in [5.41, 5.74) is 0. The van der Waals surface area contributed by atoms with Crippen LogP contribution in [0.1, 0.15) is 64.7 Å². The van der Waals surface area contributed by atoms with E-state index in [9.17, 15) is 38.5 Å². The summed E-state index contributed by atoms with van der Waals surface area (Å²) in [5, 5.41) is 49.3. The van der Waals surface area contributed by atoms with Crippen molar-refractivity contribution in [3.8, 4) is 0 Å². The lowest BCUT2D eigenvalue weighted by atomic mass is 10.0. The Morgan fingerprint density at radius 1 is 1.03 bits per heavy atom. The normalized spacial score (nSPS) is 27.8. The third-order valence-electron chi connectivity index (χ3n) is 5.49. The van der Waals surface area contributed by atoms with E-state index in [1.807, 2.05) is 0 Å². The van der Waals surface area contributed by atoms with Gasteiger partial charge in [-0.15, -0.1) is 0 Å². The topological polar surface area (TPSA) is 168 Å². The molecule has 30 heavy (non-hydrogen) atoms. The standard InChI is InChI=1S/C19H38O9S2/c1-2-3-4-5-6-7-8-9-10-14(21)19(28-30(25,26)27)16(23)13-29-12-15(22)18(24)17(29)11-20/h14-24H,2-13H2,1H3/t14-,15-,16-,17-,18+,19+,29?/m1/s1. The molecule has 9 nitrogen and oxygen atoms in total. The van der Waals surface area contributed by atoms with Crippen molar-refractivity contribution >= 4 is 21.3 Å². The molecule has 1 aliphatic heterocycles. The van der Waals surface area contributed by atoms with Crippen LogP contribution in [0.15, 0.2) is 0 Å². The van der Waals surface area contributed by atoms with E-state index >= 15 is 0 Å². The fourth-order valence-electron chi connectivity index (χ4n) is 3.78. The second kappa shape index (κ2) is 14.2. The largest absolute Gasteiger partial charge is 0.726 e. The van der Waals surface area contributed by atoms with Gasteiger partial charge in [0, 0.05) is 10.9 Å². The monoisotopic (exact) mass is 474 g/mol. The summed E-state index contributed by atoms with van der Waals surface area (Å²) < 4.78 is 37.7. The molecule has 7 atom stereocenters. The van der Waals surface area contributed by atoms with E-state index in [0.717, 1.165) is 25.7 Å². The lowest BCUT2D eigenvalue weighted by Gasteiger charge is -2.28. The molecule has 1 saturated heterocycles. The molecule has 0 aromatic heterocycles. The molecule has 0 saturated carbocycles. The molecule has 0 radical (unpaired) electrons. The van der Waals surface area contributed by atoms with Gasteiger partial charge >= 0.3 is 0 Å². The number of unbranched alkanes of at least 4 members (excludes halogenated alkanes) is 7. The first-order valence-electron chi connectivity index (χ1n) is 10.7. The van der Waals surface area contributed by atoms with Gasteiger partial charge in [-0.2, -0.15) is 0 Å². The van der Waals surface area contributed by atoms with Crippen LogP contribution in [-0.2, 0) is 25.5 Å². The lowest BCUT2D eigenvalue weighted by Crippen LogP contribution is -2.46. The summed E-state index contributed by atoms with van der Waals surface area (Å²) >= 11 is 0. The van der Waals surface area contributed by atoms with Crippen molar-refractivity contribution in [2.75, 3.05) is 18.1 Å². The van der Waals surface area contributed by atoms with Crippen molar-refractivity contribution in [2.45, 2.75) is 100 Å². The van der Waals surface area contributed by atoms with Gasteiger partial charge in [0.25, 0.3) is 0 Å². The van der Waals surface area contributed by atoms with Gasteiger partial charge < -0.3 is 30.1 Å². The third kappa shape index (κ3) is 10.1. The maximum absolute atomic E-state index is 11.1. The lowest BCUT2D eigenvalue weighted by molar-refractivity contribution is -0.0407. The molecule has 180 valence electrons. The van der Waals surface area contributed by atoms with E-state index < -0.39 is 63.7 Å². The summed E-state index contributed by atoms with van der Waals surface area (Å²) in [6.07, 6.45) is 1.77. The van der Waals surface area contributed by atoms with Crippen LogP contribution in [0.4, 0.5) is 0 Å². The van der Waals surface area contributed by atoms with Crippen molar-refractivity contribution in [1.29, 1.82) is 0 Å². The fourth-order valence-corrected chi connectivity index (χ4v) is 6.99. The predicted molar refractivity (Wildman–Crippen MR) is 114 cm³/mol. The van der Waals surface area contributed by atoms with Gasteiger partial charge in [-0.25, -0.2) is 8.42 Å². The van der Waals surface area contributed by atoms with Gasteiger partial charge in [-0.3, -0.25) is 4.18 Å². The average Bonchev–Trinajstić information content (AvgIpc) is 2.93. The Labute approximate surface area is 182 Å². The highest BCUT2D eigenvalue weighted by molar-refractivity contribution is 7.97. The van der Waals surface area contributed by atoms with Crippen LogP contribution in [0.5, 0.6) is 0 Å². The molecule has 1 unspecified atom stereocenters. The second-order valence-electron chi connectivity index (χ2n) is 8.02. The van der Waals surface area contributed by atoms with Crippen LogP contribution in [0.3, 0.4) is 0 Å². The molecule has 1 fully saturated rings. The molecule has 1 rings (SSSR count). The van der Waals surface area contributed by atoms with E-state index in [-0.39, 0.29) is 17.9 Å². The highest BCUT2D eigenvalue weighted by Gasteiger charge is 2.51. The van der Waals surface area contributed by atoms with E-state index in [1.54, 1.807) is 0 Å². The smallest absolute Gasteiger partial charge is 0.218 e. The zero-order valence-corrected chi connectivity index (χ0v) is 19.3. The Balaban J connectivity index is 2.56. The Morgan fingerprint density at radius 3 is 2.13 bits per heavy atom. The SMILES string of the molecule is CCCCCCCCCC[C@@H](O)[C@H](OS(=O)(=O)[O-])[C@H](O)C[S+]1C[C@@H](O)[C@H](O)[C@H]1CO. The molecule has 0 aliphatic carbocycles. The van der Waals surface area contributed by atoms with Gasteiger partial charge in [-0.1, -0.05) is 58.3 Å². The molecule has 0 amide bonds. The van der Waals surface area contributed by atoms with E-state index in [4.69, 9.17) is 0 Å². The maximum Gasteiger partial charge on any atom is 0.218 e. The molecule has 5 N–H and O–H groups in total. The maximum atomic E-state index is 11.1. The molecule has 0 spiro atoms. The molecule has 1 heterocycles. The highest BCUT2D eigenvalue weighted by Crippen LogP contribution is 2.26. The van der Waals surface area contributed by atoms with Crippen LogP contribution in [0.2, 0.25) is 0 Å². The molecular formula is C19H38O9S2. The van der Waals surface area contributed by atoms with Crippen molar-refractivity contribution in [1.82, 2.24) is 0 Å². The van der Waals surface area contributed by atoms with Gasteiger partial charge in [0.1, 0.15) is 35.9 Å². The Bertz CT molecular complexity index is 560. The molecule has 0 aromatic rings. The number of hydrogen-bond donors (Lipinski definition) is 5. The first-order chi connectivity index (χ1) is 14.1. The Hall–Kier alpha value is 0.0200. The molecule has 1 aliphatic rings. The fraction of sp³-hybridized carbons (Fsp3) is 1.00. The van der Waals surface area contributed by atoms with Gasteiger partial charge in [0.15, 0.2) is 5.25 Å². The number of rotatable bonds is 16. The summed E-state index contributed by atoms with van der Waals surface area (Å²) in [5.74, 6) is 0.0302. The van der Waals surface area contributed by atoms with E-state index in [1.165, 1.54) is 19.3 Å². The predicted octanol–water partition coefficient (Wildman–Crippen LogP) is -0.201. The van der Waals surface area contributed by atoms with E-state index in [0.29, 0.717) is 6.42 Å². The number of aliphatic hydroxyl groups excluding tert-OH is 5. The van der Waals surface area contributed by atoms with Crippen LogP contribution in [0.25, 0.3) is 0 Å². The van der Waals surface area contributed by atoms with Crippen molar-refractivity contribution < 1.29 is 42.7 Å². The first kappa shape index (κ1) is 28.1. The van der Waals surface area contributed by atoms with Crippen LogP contribution < -0.4 is 0 Å².